The van der Waals surface area contributed by atoms with Crippen LogP contribution in [0.2, 0.25) is 0 Å². The number of ether oxygens (including phenoxy) is 1. The van der Waals surface area contributed by atoms with Crippen molar-refractivity contribution in [3.05, 3.63) is 111 Å². The van der Waals surface area contributed by atoms with Crippen molar-refractivity contribution in [3.8, 4) is 0 Å². The van der Waals surface area contributed by atoms with Crippen LogP contribution >= 0.6 is 0 Å². The zero-order chi connectivity index (χ0) is 21.3. The fraction of sp³-hybridized carbons (Fsp3) is 0.130. The Morgan fingerprint density at radius 1 is 0.933 bits per heavy atom. The van der Waals surface area contributed by atoms with Crippen LogP contribution in [0.3, 0.4) is 0 Å². The number of hydrogen-bond acceptors (Lipinski definition) is 5. The summed E-state index contributed by atoms with van der Waals surface area (Å²) in [5.41, 5.74) is 2.25. The summed E-state index contributed by atoms with van der Waals surface area (Å²) >= 11 is 0. The smallest absolute Gasteiger partial charge is 0.269 e. The lowest BCUT2D eigenvalue weighted by Gasteiger charge is -2.13. The van der Waals surface area contributed by atoms with Gasteiger partial charge in [0.1, 0.15) is 11.9 Å². The van der Waals surface area contributed by atoms with E-state index >= 15 is 0 Å². The highest BCUT2D eigenvalue weighted by Gasteiger charge is 2.36. The van der Waals surface area contributed by atoms with Crippen LogP contribution in [0, 0.1) is 17.0 Å². The Bertz CT molecular complexity index is 1210. The van der Waals surface area contributed by atoms with E-state index in [-0.39, 0.29) is 27.7 Å². The number of nitro groups is 1. The van der Waals surface area contributed by atoms with E-state index in [0.717, 1.165) is 11.1 Å². The third-order valence-corrected chi connectivity index (χ3v) is 6.95. The average Bonchev–Trinajstić information content (AvgIpc) is 3.21. The van der Waals surface area contributed by atoms with Crippen molar-refractivity contribution in [2.24, 2.45) is 0 Å². The number of nitro benzene ring substituents is 1. The number of aryl methyl sites for hydroxylation is 1. The third-order valence-electron chi connectivity index (χ3n) is 5.05. The first-order valence-electron chi connectivity index (χ1n) is 9.37. The minimum Gasteiger partial charge on any atom is -0.484 e. The van der Waals surface area contributed by atoms with Crippen LogP contribution in [0.1, 0.15) is 29.2 Å². The van der Waals surface area contributed by atoms with Gasteiger partial charge in [0.25, 0.3) is 5.69 Å². The van der Waals surface area contributed by atoms with Gasteiger partial charge in [-0.1, -0.05) is 48.0 Å². The average molecular weight is 421 g/mol. The molecule has 3 aromatic rings. The van der Waals surface area contributed by atoms with Crippen molar-refractivity contribution in [1.82, 2.24) is 0 Å². The molecule has 0 fully saturated rings. The van der Waals surface area contributed by atoms with E-state index in [2.05, 4.69) is 0 Å². The summed E-state index contributed by atoms with van der Waals surface area (Å²) in [6, 6.07) is 21.8. The van der Waals surface area contributed by atoms with Crippen LogP contribution in [0.4, 0.5) is 5.69 Å². The molecule has 152 valence electrons. The van der Waals surface area contributed by atoms with Crippen molar-refractivity contribution in [2.75, 3.05) is 0 Å². The van der Waals surface area contributed by atoms with E-state index in [4.69, 9.17) is 4.74 Å². The lowest BCUT2D eigenvalue weighted by molar-refractivity contribution is -0.384. The lowest BCUT2D eigenvalue weighted by Crippen LogP contribution is -2.06. The summed E-state index contributed by atoms with van der Waals surface area (Å²) in [6.45, 7) is 1.89. The predicted octanol–water partition coefficient (Wildman–Crippen LogP) is 5.21. The molecule has 1 atom stereocenters. The fourth-order valence-electron chi connectivity index (χ4n) is 3.42. The molecule has 4 rings (SSSR count). The molecule has 1 heterocycles. The second-order valence-corrected chi connectivity index (χ2v) is 9.07. The quantitative estimate of drug-likeness (QED) is 0.417. The largest absolute Gasteiger partial charge is 0.484 e. The number of sulfone groups is 1. The fourth-order valence-corrected chi connectivity index (χ4v) is 4.98. The molecule has 3 aromatic carbocycles. The molecule has 0 N–H and O–H groups in total. The van der Waals surface area contributed by atoms with E-state index in [1.165, 1.54) is 24.3 Å². The highest BCUT2D eigenvalue weighted by Crippen LogP contribution is 2.44. The van der Waals surface area contributed by atoms with Crippen molar-refractivity contribution in [3.63, 3.8) is 0 Å². The summed E-state index contributed by atoms with van der Waals surface area (Å²) in [5.74, 6) is 0.235. The zero-order valence-electron chi connectivity index (χ0n) is 16.2. The minimum atomic E-state index is -3.80. The summed E-state index contributed by atoms with van der Waals surface area (Å²) < 4.78 is 33.0. The summed E-state index contributed by atoms with van der Waals surface area (Å²) in [4.78, 5) is 10.8. The van der Waals surface area contributed by atoms with Gasteiger partial charge < -0.3 is 4.74 Å². The third kappa shape index (κ3) is 3.71. The van der Waals surface area contributed by atoms with Gasteiger partial charge in [0, 0.05) is 24.1 Å². The minimum absolute atomic E-state index is 0.0695. The van der Waals surface area contributed by atoms with Crippen LogP contribution in [-0.2, 0) is 14.6 Å². The molecular formula is C23H19NO5S. The first-order chi connectivity index (χ1) is 14.4. The van der Waals surface area contributed by atoms with Crippen LogP contribution in [0.5, 0.6) is 0 Å². The van der Waals surface area contributed by atoms with Crippen LogP contribution in [0.15, 0.2) is 88.7 Å². The van der Waals surface area contributed by atoms with E-state index in [1.807, 2.05) is 37.3 Å². The molecule has 0 radical (unpaired) electrons. The van der Waals surface area contributed by atoms with Gasteiger partial charge >= 0.3 is 0 Å². The lowest BCUT2D eigenvalue weighted by atomic mass is 10.1. The number of nitrogens with zero attached hydrogens (tertiary/aromatic N) is 1. The molecule has 1 aliphatic heterocycles. The Labute approximate surface area is 174 Å². The Balaban J connectivity index is 1.81. The Morgan fingerprint density at radius 2 is 1.57 bits per heavy atom. The van der Waals surface area contributed by atoms with Gasteiger partial charge in [0.15, 0.2) is 0 Å². The van der Waals surface area contributed by atoms with Gasteiger partial charge in [0.2, 0.25) is 9.84 Å². The molecule has 0 saturated carbocycles. The molecule has 0 aliphatic carbocycles. The van der Waals surface area contributed by atoms with Crippen molar-refractivity contribution in [1.29, 1.82) is 0 Å². The maximum Gasteiger partial charge on any atom is 0.269 e. The number of benzene rings is 3. The van der Waals surface area contributed by atoms with Crippen molar-refractivity contribution >= 4 is 21.3 Å². The summed E-state index contributed by atoms with van der Waals surface area (Å²) in [5, 5.41) is 11.0. The first kappa shape index (κ1) is 19.8. The number of non-ortho nitro benzene ring substituents is 1. The van der Waals surface area contributed by atoms with Gasteiger partial charge in [-0.3, -0.25) is 10.1 Å². The van der Waals surface area contributed by atoms with E-state index in [0.29, 0.717) is 5.56 Å². The molecule has 7 heteroatoms. The molecular weight excluding hydrogens is 402 g/mol. The van der Waals surface area contributed by atoms with Crippen molar-refractivity contribution < 1.29 is 18.1 Å². The molecule has 0 saturated heterocycles. The number of rotatable bonds is 5. The normalized spacial score (nSPS) is 16.4. The van der Waals surface area contributed by atoms with Gasteiger partial charge in [-0.25, -0.2) is 8.42 Å². The monoisotopic (exact) mass is 421 g/mol. The summed E-state index contributed by atoms with van der Waals surface area (Å²) in [6.07, 6.45) is -0.265. The van der Waals surface area contributed by atoms with Crippen LogP contribution in [0.25, 0.3) is 5.76 Å². The van der Waals surface area contributed by atoms with Gasteiger partial charge in [-0.15, -0.1) is 0 Å². The molecule has 30 heavy (non-hydrogen) atoms. The standard InChI is InChI=1S/C23H19NO5S/c1-16-7-13-20(14-8-16)30(27,28)22-15-21(17-5-3-2-4-6-17)29-23(22)18-9-11-19(12-10-18)24(25)26/h2-14,21H,15H2,1H3. The first-order valence-corrected chi connectivity index (χ1v) is 10.9. The topological polar surface area (TPSA) is 86.5 Å². The molecule has 1 unspecified atom stereocenters. The zero-order valence-corrected chi connectivity index (χ0v) is 17.0. The van der Waals surface area contributed by atoms with E-state index < -0.39 is 20.9 Å². The molecule has 0 spiro atoms. The second-order valence-electron chi connectivity index (χ2n) is 7.09. The van der Waals surface area contributed by atoms with Crippen molar-refractivity contribution in [2.45, 2.75) is 24.3 Å². The predicted molar refractivity (Wildman–Crippen MR) is 113 cm³/mol. The van der Waals surface area contributed by atoms with E-state index in [1.54, 1.807) is 24.3 Å². The second kappa shape index (κ2) is 7.76. The Morgan fingerprint density at radius 3 is 2.17 bits per heavy atom. The summed E-state index contributed by atoms with van der Waals surface area (Å²) in [7, 11) is -3.80. The highest BCUT2D eigenvalue weighted by molar-refractivity contribution is 7.95. The van der Waals surface area contributed by atoms with Crippen LogP contribution < -0.4 is 0 Å². The number of hydrogen-bond donors (Lipinski definition) is 0. The van der Waals surface area contributed by atoms with Gasteiger partial charge in [0.05, 0.1) is 14.7 Å². The maximum atomic E-state index is 13.4. The molecule has 6 nitrogen and oxygen atoms in total. The molecule has 1 aliphatic rings. The molecule has 0 bridgehead atoms. The Kier molecular flexibility index (Phi) is 5.13. The van der Waals surface area contributed by atoms with Gasteiger partial charge in [-0.2, -0.15) is 0 Å². The highest BCUT2D eigenvalue weighted by atomic mass is 32.2. The van der Waals surface area contributed by atoms with Crippen LogP contribution in [-0.4, -0.2) is 13.3 Å². The Hall–Kier alpha value is -3.45. The SMILES string of the molecule is Cc1ccc(S(=O)(=O)C2=C(c3ccc([N+](=O)[O-])cc3)OC(c3ccccc3)C2)cc1. The molecule has 0 aromatic heterocycles. The maximum absolute atomic E-state index is 13.4. The molecule has 0 amide bonds. The van der Waals surface area contributed by atoms with Gasteiger partial charge in [-0.05, 0) is 36.8 Å². The van der Waals surface area contributed by atoms with E-state index in [9.17, 15) is 18.5 Å².